The monoisotopic (exact) mass is 629 g/mol. The number of ether oxygens (including phenoxy) is 1. The number of hydrogen-bond acceptors (Lipinski definition) is 8. The minimum absolute atomic E-state index is 0.0665. The van der Waals surface area contributed by atoms with Crippen LogP contribution in [0.2, 0.25) is 0 Å². The molecular formula is C34H32FN3O6S. The number of allylic oxidation sites excluding steroid dienone is 2. The quantitative estimate of drug-likeness (QED) is 0.177. The van der Waals surface area contributed by atoms with Gasteiger partial charge in [-0.3, -0.25) is 9.69 Å². The summed E-state index contributed by atoms with van der Waals surface area (Å²) in [5, 5.41) is 14.1. The molecule has 232 valence electrons. The molecule has 3 heterocycles. The molecule has 4 aromatic rings. The zero-order chi connectivity index (χ0) is 32.1. The molecule has 1 aromatic heterocycles. The molecule has 0 saturated heterocycles. The van der Waals surface area contributed by atoms with Gasteiger partial charge in [-0.15, -0.1) is 6.58 Å². The minimum Gasteiger partial charge on any atom is -0.506 e. The number of rotatable bonds is 6. The molecule has 2 atom stereocenters. The molecule has 2 unspecified atom stereocenters. The first-order chi connectivity index (χ1) is 21.4. The Kier molecular flexibility index (Phi) is 7.52. The van der Waals surface area contributed by atoms with Crippen LogP contribution in [0.15, 0.2) is 94.4 Å². The summed E-state index contributed by atoms with van der Waals surface area (Å²) in [4.78, 5) is 19.7. The van der Waals surface area contributed by atoms with Crippen LogP contribution in [0.4, 0.5) is 15.8 Å². The first-order valence-electron chi connectivity index (χ1n) is 14.3. The van der Waals surface area contributed by atoms with E-state index in [4.69, 9.17) is 9.15 Å². The molecule has 2 aliphatic heterocycles. The summed E-state index contributed by atoms with van der Waals surface area (Å²) in [6, 6.07) is 16.6. The molecule has 1 amide bonds. The Labute approximate surface area is 260 Å². The molecule has 11 heteroatoms. The maximum Gasteiger partial charge on any atom is 0.281 e. The summed E-state index contributed by atoms with van der Waals surface area (Å²) < 4.78 is 56.2. The molecule has 3 aromatic carbocycles. The molecule has 0 bridgehead atoms. The lowest BCUT2D eigenvalue weighted by atomic mass is 9.86. The number of phenols is 1. The van der Waals surface area contributed by atoms with E-state index in [1.165, 1.54) is 29.2 Å². The highest BCUT2D eigenvalue weighted by atomic mass is 32.2. The largest absolute Gasteiger partial charge is 0.506 e. The average Bonchev–Trinajstić information content (AvgIpc) is 3.25. The van der Waals surface area contributed by atoms with Crippen molar-refractivity contribution in [1.82, 2.24) is 4.98 Å². The van der Waals surface area contributed by atoms with E-state index in [-0.39, 0.29) is 75.2 Å². The third-order valence-corrected chi connectivity index (χ3v) is 10.3. The first kappa shape index (κ1) is 30.1. The van der Waals surface area contributed by atoms with Crippen molar-refractivity contribution in [2.75, 3.05) is 16.0 Å². The Hall–Kier alpha value is -4.90. The Morgan fingerprint density at radius 1 is 1.20 bits per heavy atom. The van der Waals surface area contributed by atoms with Crippen LogP contribution >= 0.6 is 0 Å². The summed E-state index contributed by atoms with van der Waals surface area (Å²) in [6.45, 7) is 8.97. The Bertz CT molecular complexity index is 1970. The normalized spacial score (nSPS) is 20.4. The van der Waals surface area contributed by atoms with Gasteiger partial charge < -0.3 is 19.6 Å². The molecule has 2 N–H and O–H groups in total. The highest BCUT2D eigenvalue weighted by molar-refractivity contribution is 7.95. The van der Waals surface area contributed by atoms with Crippen LogP contribution in [0.3, 0.4) is 0 Å². The zero-order valence-electron chi connectivity index (χ0n) is 25.0. The van der Waals surface area contributed by atoms with Crippen LogP contribution in [-0.2, 0) is 16.4 Å². The fraction of sp³-hybridized carbons (Fsp3) is 0.235. The molecule has 0 fully saturated rings. The summed E-state index contributed by atoms with van der Waals surface area (Å²) in [5.41, 5.74) is 0.337. The number of nitrogens with one attached hydrogen (secondary N) is 1. The number of anilines is 2. The number of aryl methyl sites for hydroxylation is 2. The van der Waals surface area contributed by atoms with Gasteiger partial charge in [0.2, 0.25) is 0 Å². The molecule has 0 aliphatic carbocycles. The number of carbonyl (C=O) groups excluding carboxylic acids is 1. The summed E-state index contributed by atoms with van der Waals surface area (Å²) in [7, 11) is -4.15. The van der Waals surface area contributed by atoms with Crippen LogP contribution in [0.1, 0.15) is 52.7 Å². The number of hydrogen-bond donors (Lipinski definition) is 2. The van der Waals surface area contributed by atoms with Crippen molar-refractivity contribution in [2.24, 2.45) is 5.41 Å². The van der Waals surface area contributed by atoms with E-state index >= 15 is 4.39 Å². The standard InChI is InChI=1S/C34H32FN3O6S/c1-5-34(4)17-26-32(45(41,42)19-34)31(24-15-14-23(16-25(24)35)43-18-22-10-7-6-8-11-22)38(27-12-9-13-28(39)30(27)37-26)33(40)29-20(2)44-21(3)36-29/h5-16,31,37,39H,1,17-19H2,2-4H3. The predicted molar refractivity (Wildman–Crippen MR) is 168 cm³/mol. The summed E-state index contributed by atoms with van der Waals surface area (Å²) >= 11 is 0. The first-order valence-corrected chi connectivity index (χ1v) is 16.0. The lowest BCUT2D eigenvalue weighted by molar-refractivity contribution is 0.0974. The number of carbonyl (C=O) groups is 1. The third kappa shape index (κ3) is 5.48. The Morgan fingerprint density at radius 3 is 2.62 bits per heavy atom. The van der Waals surface area contributed by atoms with E-state index < -0.39 is 33.0 Å². The maximum absolute atomic E-state index is 16.3. The van der Waals surface area contributed by atoms with Gasteiger partial charge in [-0.05, 0) is 43.2 Å². The van der Waals surface area contributed by atoms with E-state index in [9.17, 15) is 18.3 Å². The van der Waals surface area contributed by atoms with Crippen molar-refractivity contribution in [3.63, 3.8) is 0 Å². The number of aromatic nitrogens is 1. The van der Waals surface area contributed by atoms with Gasteiger partial charge in [0, 0.05) is 29.7 Å². The number of amides is 1. The van der Waals surface area contributed by atoms with Crippen molar-refractivity contribution in [1.29, 1.82) is 0 Å². The van der Waals surface area contributed by atoms with Gasteiger partial charge in [-0.2, -0.15) is 0 Å². The van der Waals surface area contributed by atoms with Crippen LogP contribution in [0.25, 0.3) is 0 Å². The van der Waals surface area contributed by atoms with E-state index in [1.54, 1.807) is 39.0 Å². The fourth-order valence-electron chi connectivity index (χ4n) is 5.99. The lowest BCUT2D eigenvalue weighted by Crippen LogP contribution is -2.42. The summed E-state index contributed by atoms with van der Waals surface area (Å²) in [5.74, 6) is -1.38. The number of sulfone groups is 1. The Balaban J connectivity index is 1.58. The van der Waals surface area contributed by atoms with Crippen molar-refractivity contribution in [3.05, 3.63) is 124 Å². The minimum atomic E-state index is -4.15. The highest BCUT2D eigenvalue weighted by Gasteiger charge is 2.49. The molecular weight excluding hydrogens is 597 g/mol. The second-order valence-electron chi connectivity index (χ2n) is 11.6. The Morgan fingerprint density at radius 2 is 1.96 bits per heavy atom. The summed E-state index contributed by atoms with van der Waals surface area (Å²) in [6.07, 6.45) is 1.75. The second kappa shape index (κ2) is 11.2. The van der Waals surface area contributed by atoms with Crippen LogP contribution in [0, 0.1) is 25.1 Å². The SMILES string of the molecule is C=CC1(C)CC2=C(C(c3ccc(OCc4ccccc4)cc3F)N(C(=O)c3nc(C)oc3C)c3cccc(O)c3N2)S(=O)(=O)C1. The number of halogens is 1. The molecule has 2 aliphatic rings. The molecule has 0 spiro atoms. The van der Waals surface area contributed by atoms with Crippen molar-refractivity contribution in [2.45, 2.75) is 39.8 Å². The smallest absolute Gasteiger partial charge is 0.281 e. The topological polar surface area (TPSA) is 122 Å². The van der Waals surface area contributed by atoms with Crippen molar-refractivity contribution in [3.8, 4) is 11.5 Å². The number of para-hydroxylation sites is 1. The number of phenolic OH excluding ortho intramolecular Hbond substituents is 1. The van der Waals surface area contributed by atoms with Gasteiger partial charge in [-0.25, -0.2) is 17.8 Å². The van der Waals surface area contributed by atoms with Crippen LogP contribution in [0.5, 0.6) is 11.5 Å². The van der Waals surface area contributed by atoms with Gasteiger partial charge in [0.05, 0.1) is 16.3 Å². The van der Waals surface area contributed by atoms with Gasteiger partial charge in [0.1, 0.15) is 41.4 Å². The van der Waals surface area contributed by atoms with Crippen molar-refractivity contribution < 1.29 is 31.9 Å². The number of oxazole rings is 1. The number of benzene rings is 3. The highest BCUT2D eigenvalue weighted by Crippen LogP contribution is 2.52. The van der Waals surface area contributed by atoms with Gasteiger partial charge >= 0.3 is 0 Å². The second-order valence-corrected chi connectivity index (χ2v) is 13.6. The number of nitrogens with zero attached hydrogens (tertiary/aromatic N) is 2. The van der Waals surface area contributed by atoms with E-state index in [0.29, 0.717) is 0 Å². The maximum atomic E-state index is 16.3. The molecule has 0 saturated carbocycles. The zero-order valence-corrected chi connectivity index (χ0v) is 25.8. The van der Waals surface area contributed by atoms with Crippen LogP contribution in [-0.4, -0.2) is 30.2 Å². The fourth-order valence-corrected chi connectivity index (χ4v) is 8.30. The average molecular weight is 630 g/mol. The molecule has 0 radical (unpaired) electrons. The number of fused-ring (bicyclic) bond motifs is 1. The van der Waals surface area contributed by atoms with Crippen molar-refractivity contribution >= 4 is 27.1 Å². The molecule has 9 nitrogen and oxygen atoms in total. The van der Waals surface area contributed by atoms with E-state index in [2.05, 4.69) is 16.9 Å². The number of aromatic hydroxyl groups is 1. The van der Waals surface area contributed by atoms with Gasteiger partial charge in [0.15, 0.2) is 21.4 Å². The van der Waals surface area contributed by atoms with E-state index in [0.717, 1.165) is 5.56 Å². The molecule has 6 rings (SSSR count). The van der Waals surface area contributed by atoms with Gasteiger partial charge in [-0.1, -0.05) is 49.4 Å². The van der Waals surface area contributed by atoms with Crippen LogP contribution < -0.4 is 15.0 Å². The lowest BCUT2D eigenvalue weighted by Gasteiger charge is -2.37. The third-order valence-electron chi connectivity index (χ3n) is 8.13. The predicted octanol–water partition coefficient (Wildman–Crippen LogP) is 6.75. The molecule has 45 heavy (non-hydrogen) atoms. The van der Waals surface area contributed by atoms with Gasteiger partial charge in [0.25, 0.3) is 5.91 Å². The van der Waals surface area contributed by atoms with E-state index in [1.807, 2.05) is 30.3 Å².